The lowest BCUT2D eigenvalue weighted by atomic mass is 10.1. The number of carbonyl (C=O) groups is 2. The molecule has 0 bridgehead atoms. The second-order valence-corrected chi connectivity index (χ2v) is 5.52. The summed E-state index contributed by atoms with van der Waals surface area (Å²) in [6.45, 7) is 3.97. The zero-order valence-electron chi connectivity index (χ0n) is 13.2. The van der Waals surface area contributed by atoms with Crippen molar-refractivity contribution in [1.29, 1.82) is 0 Å². The van der Waals surface area contributed by atoms with E-state index in [1.54, 1.807) is 36.0 Å². The fraction of sp³-hybridized carbons (Fsp3) is 0.176. The number of benzene rings is 1. The first-order valence-corrected chi connectivity index (χ1v) is 7.29. The summed E-state index contributed by atoms with van der Waals surface area (Å²) in [6.07, 6.45) is 1.77. The van der Waals surface area contributed by atoms with Crippen LogP contribution in [0.1, 0.15) is 32.1 Å². The summed E-state index contributed by atoms with van der Waals surface area (Å²) in [6, 6.07) is 8.97. The highest BCUT2D eigenvalue weighted by Crippen LogP contribution is 2.23. The monoisotopic (exact) mass is 310 g/mol. The lowest BCUT2D eigenvalue weighted by Crippen LogP contribution is -2.42. The van der Waals surface area contributed by atoms with Crippen LogP contribution < -0.4 is 10.9 Å². The number of hydrazine groups is 1. The molecule has 23 heavy (non-hydrogen) atoms. The molecule has 3 N–H and O–H groups in total. The molecule has 118 valence electrons. The van der Waals surface area contributed by atoms with Gasteiger partial charge in [-0.3, -0.25) is 20.4 Å². The van der Waals surface area contributed by atoms with Crippen molar-refractivity contribution in [2.45, 2.75) is 13.8 Å². The maximum atomic E-state index is 12.4. The Labute approximate surface area is 133 Å². The van der Waals surface area contributed by atoms with E-state index >= 15 is 0 Å². The van der Waals surface area contributed by atoms with Gasteiger partial charge in [0.15, 0.2) is 0 Å². The van der Waals surface area contributed by atoms with E-state index in [0.717, 1.165) is 22.2 Å². The summed E-state index contributed by atoms with van der Waals surface area (Å²) in [5.74, 6) is -0.726. The quantitative estimate of drug-likeness (QED) is 0.634. The van der Waals surface area contributed by atoms with E-state index in [4.69, 9.17) is 0 Å². The molecule has 0 aliphatic rings. The Morgan fingerprint density at radius 2 is 1.78 bits per heavy atom. The topological polar surface area (TPSA) is 78.9 Å². The number of carbonyl (C=O) groups excluding carboxylic acids is 2. The zero-order valence-corrected chi connectivity index (χ0v) is 13.2. The van der Waals surface area contributed by atoms with Gasteiger partial charge in [-0.05, 0) is 37.6 Å². The molecule has 0 aliphatic carbocycles. The van der Waals surface area contributed by atoms with Crippen LogP contribution in [0.4, 0.5) is 0 Å². The smallest absolute Gasteiger partial charge is 0.286 e. The molecule has 2 aromatic heterocycles. The van der Waals surface area contributed by atoms with E-state index in [1.807, 2.05) is 26.0 Å². The van der Waals surface area contributed by atoms with Crippen molar-refractivity contribution in [3.05, 3.63) is 59.0 Å². The summed E-state index contributed by atoms with van der Waals surface area (Å²) < 4.78 is 1.68. The third-order valence-electron chi connectivity index (χ3n) is 4.05. The normalized spacial score (nSPS) is 10.7. The Morgan fingerprint density at radius 3 is 2.48 bits per heavy atom. The molecule has 2 heterocycles. The molecule has 0 atom stereocenters. The van der Waals surface area contributed by atoms with Crippen LogP contribution in [-0.2, 0) is 7.05 Å². The predicted molar refractivity (Wildman–Crippen MR) is 88.1 cm³/mol. The molecule has 3 rings (SSSR count). The fourth-order valence-corrected chi connectivity index (χ4v) is 2.61. The van der Waals surface area contributed by atoms with Crippen molar-refractivity contribution in [1.82, 2.24) is 20.4 Å². The maximum absolute atomic E-state index is 12.4. The Balaban J connectivity index is 1.80. The number of amides is 2. The van der Waals surface area contributed by atoms with Crippen LogP contribution in [0.25, 0.3) is 10.9 Å². The highest BCUT2D eigenvalue weighted by molar-refractivity contribution is 6.07. The molecule has 0 unspecified atom stereocenters. The zero-order chi connectivity index (χ0) is 16.6. The van der Waals surface area contributed by atoms with Gasteiger partial charge < -0.3 is 9.55 Å². The molecule has 1 aromatic carbocycles. The number of para-hydroxylation sites is 1. The average molecular weight is 310 g/mol. The number of nitrogens with one attached hydrogen (secondary N) is 3. The lowest BCUT2D eigenvalue weighted by Gasteiger charge is -2.08. The lowest BCUT2D eigenvalue weighted by molar-refractivity contribution is 0.0843. The number of nitrogens with zero attached hydrogens (tertiary/aromatic N) is 1. The number of hydrogen-bond donors (Lipinski definition) is 3. The molecule has 0 saturated carbocycles. The number of hydrogen-bond acceptors (Lipinski definition) is 2. The van der Waals surface area contributed by atoms with Crippen molar-refractivity contribution in [3.8, 4) is 0 Å². The molecule has 0 aliphatic heterocycles. The van der Waals surface area contributed by atoms with Crippen LogP contribution in [0, 0.1) is 13.8 Å². The first kappa shape index (κ1) is 14.9. The SMILES string of the molecule is Cc1[nH]c2c(C(=O)NNC(=O)c3cccn3C)cccc2c1C. The molecule has 3 aromatic rings. The minimum absolute atomic E-state index is 0.362. The summed E-state index contributed by atoms with van der Waals surface area (Å²) in [7, 11) is 1.77. The molecular formula is C17H18N4O2. The van der Waals surface area contributed by atoms with Gasteiger partial charge in [-0.1, -0.05) is 12.1 Å². The summed E-state index contributed by atoms with van der Waals surface area (Å²) >= 11 is 0. The van der Waals surface area contributed by atoms with Crippen LogP contribution in [0.15, 0.2) is 36.5 Å². The van der Waals surface area contributed by atoms with Gasteiger partial charge in [-0.15, -0.1) is 0 Å². The Bertz CT molecular complexity index is 905. The highest BCUT2D eigenvalue weighted by atomic mass is 16.2. The van der Waals surface area contributed by atoms with E-state index in [1.165, 1.54) is 0 Å². The maximum Gasteiger partial charge on any atom is 0.286 e. The average Bonchev–Trinajstić information content (AvgIpc) is 3.09. The summed E-state index contributed by atoms with van der Waals surface area (Å²) in [4.78, 5) is 27.6. The molecule has 0 radical (unpaired) electrons. The first-order chi connectivity index (χ1) is 11.0. The van der Waals surface area contributed by atoms with Crippen LogP contribution in [0.3, 0.4) is 0 Å². The third-order valence-corrected chi connectivity index (χ3v) is 4.05. The van der Waals surface area contributed by atoms with Gasteiger partial charge in [-0.2, -0.15) is 0 Å². The number of rotatable bonds is 2. The predicted octanol–water partition coefficient (Wildman–Crippen LogP) is 2.20. The van der Waals surface area contributed by atoms with E-state index < -0.39 is 0 Å². The largest absolute Gasteiger partial charge is 0.358 e. The van der Waals surface area contributed by atoms with Crippen LogP contribution in [0.5, 0.6) is 0 Å². The van der Waals surface area contributed by atoms with E-state index in [9.17, 15) is 9.59 Å². The van der Waals surface area contributed by atoms with Gasteiger partial charge in [0.2, 0.25) is 0 Å². The molecule has 6 heteroatoms. The summed E-state index contributed by atoms with van der Waals surface area (Å²) in [5.41, 5.74) is 8.77. The first-order valence-electron chi connectivity index (χ1n) is 7.29. The van der Waals surface area contributed by atoms with Crippen LogP contribution >= 0.6 is 0 Å². The van der Waals surface area contributed by atoms with Crippen molar-refractivity contribution in [2.24, 2.45) is 7.05 Å². The minimum atomic E-state index is -0.364. The molecule has 6 nitrogen and oxygen atoms in total. The second kappa shape index (κ2) is 5.64. The van der Waals surface area contributed by atoms with Crippen molar-refractivity contribution in [2.75, 3.05) is 0 Å². The van der Waals surface area contributed by atoms with Gasteiger partial charge in [-0.25, -0.2) is 0 Å². The fourth-order valence-electron chi connectivity index (χ4n) is 2.61. The molecule has 0 spiro atoms. The second-order valence-electron chi connectivity index (χ2n) is 5.52. The van der Waals surface area contributed by atoms with E-state index in [-0.39, 0.29) is 11.8 Å². The van der Waals surface area contributed by atoms with E-state index in [2.05, 4.69) is 15.8 Å². The van der Waals surface area contributed by atoms with Gasteiger partial charge in [0.25, 0.3) is 11.8 Å². The standard InChI is InChI=1S/C17H18N4O2/c1-10-11(2)18-15-12(10)6-4-7-13(15)16(22)19-20-17(23)14-8-5-9-21(14)3/h4-9,18H,1-3H3,(H,19,22)(H,20,23). The summed E-state index contributed by atoms with van der Waals surface area (Å²) in [5, 5.41) is 1.00. The number of aromatic amines is 1. The van der Waals surface area contributed by atoms with Crippen molar-refractivity contribution >= 4 is 22.7 Å². The van der Waals surface area contributed by atoms with E-state index in [0.29, 0.717) is 11.3 Å². The van der Waals surface area contributed by atoms with Crippen LogP contribution in [0.2, 0.25) is 0 Å². The third kappa shape index (κ3) is 2.59. The number of fused-ring (bicyclic) bond motifs is 1. The van der Waals surface area contributed by atoms with Crippen molar-refractivity contribution < 1.29 is 9.59 Å². The number of aryl methyl sites for hydroxylation is 3. The van der Waals surface area contributed by atoms with Crippen LogP contribution in [-0.4, -0.2) is 21.4 Å². The molecule has 2 amide bonds. The Morgan fingerprint density at radius 1 is 1.04 bits per heavy atom. The van der Waals surface area contributed by atoms with Gasteiger partial charge in [0.05, 0.1) is 11.1 Å². The minimum Gasteiger partial charge on any atom is -0.358 e. The van der Waals surface area contributed by atoms with Crippen molar-refractivity contribution in [3.63, 3.8) is 0 Å². The van der Waals surface area contributed by atoms with Gasteiger partial charge in [0, 0.05) is 24.3 Å². The molecule has 0 saturated heterocycles. The Kier molecular flexibility index (Phi) is 3.65. The molecule has 0 fully saturated rings. The number of H-pyrrole nitrogens is 1. The van der Waals surface area contributed by atoms with Gasteiger partial charge in [0.1, 0.15) is 5.69 Å². The number of aromatic nitrogens is 2. The Hall–Kier alpha value is -3.02. The molecular weight excluding hydrogens is 292 g/mol. The van der Waals surface area contributed by atoms with Gasteiger partial charge >= 0.3 is 0 Å². The highest BCUT2D eigenvalue weighted by Gasteiger charge is 2.15.